The van der Waals surface area contributed by atoms with E-state index in [-0.39, 0.29) is 12.6 Å². The number of benzene rings is 3. The number of hydrogen-bond donors (Lipinski definition) is 2. The summed E-state index contributed by atoms with van der Waals surface area (Å²) in [6, 6.07) is 24.5. The Labute approximate surface area is 232 Å². The summed E-state index contributed by atoms with van der Waals surface area (Å²) < 4.78 is 5.34. The average molecular weight is 547 g/mol. The number of hydrogen-bond acceptors (Lipinski definition) is 6. The van der Waals surface area contributed by atoms with Crippen LogP contribution in [-0.2, 0) is 0 Å². The summed E-state index contributed by atoms with van der Waals surface area (Å²) in [5.74, 6) is 1.94. The molecule has 0 amide bonds. The summed E-state index contributed by atoms with van der Waals surface area (Å²) in [5.41, 5.74) is 11.1. The molecule has 1 aliphatic rings. The Bertz CT molecular complexity index is 1460. The van der Waals surface area contributed by atoms with E-state index >= 15 is 0 Å². The predicted octanol–water partition coefficient (Wildman–Crippen LogP) is 6.30. The minimum absolute atomic E-state index is 0.00894. The van der Waals surface area contributed by atoms with Crippen LogP contribution in [0, 0.1) is 0 Å². The highest BCUT2D eigenvalue weighted by Crippen LogP contribution is 2.35. The van der Waals surface area contributed by atoms with Crippen molar-refractivity contribution in [2.75, 3.05) is 25.2 Å². The minimum atomic E-state index is -0.00894. The average Bonchev–Trinajstić information content (AvgIpc) is 3.43. The van der Waals surface area contributed by atoms with Crippen LogP contribution < -0.4 is 15.4 Å². The van der Waals surface area contributed by atoms with Crippen LogP contribution >= 0.6 is 23.2 Å². The minimum Gasteiger partial charge on any atom is -0.497 e. The van der Waals surface area contributed by atoms with Gasteiger partial charge in [-0.25, -0.2) is 9.97 Å². The number of rotatable bonds is 7. The molecule has 3 aromatic carbocycles. The number of nitrogens with zero attached hydrogens (tertiary/aromatic N) is 3. The van der Waals surface area contributed by atoms with Gasteiger partial charge in [-0.05, 0) is 60.9 Å². The Morgan fingerprint density at radius 3 is 2.45 bits per heavy atom. The van der Waals surface area contributed by atoms with Gasteiger partial charge in [-0.3, -0.25) is 0 Å². The second-order valence-corrected chi connectivity index (χ2v) is 9.95. The lowest BCUT2D eigenvalue weighted by Gasteiger charge is -2.25. The lowest BCUT2D eigenvalue weighted by atomic mass is 9.98. The molecule has 0 aliphatic carbocycles. The highest BCUT2D eigenvalue weighted by atomic mass is 35.5. The third kappa shape index (κ3) is 5.34. The fourth-order valence-electron chi connectivity index (χ4n) is 4.77. The van der Waals surface area contributed by atoms with Crippen LogP contribution in [0.15, 0.2) is 78.9 Å². The summed E-state index contributed by atoms with van der Waals surface area (Å²) in [6.45, 7) is 0.850. The maximum Gasteiger partial charge on any atom is 0.164 e. The lowest BCUT2D eigenvalue weighted by molar-refractivity contribution is 0.266. The Kier molecular flexibility index (Phi) is 7.84. The Balaban J connectivity index is 1.76. The van der Waals surface area contributed by atoms with Crippen LogP contribution in [0.4, 0.5) is 5.82 Å². The van der Waals surface area contributed by atoms with Gasteiger partial charge in [0.1, 0.15) is 11.6 Å². The van der Waals surface area contributed by atoms with E-state index in [1.807, 2.05) is 72.8 Å². The Morgan fingerprint density at radius 1 is 1.03 bits per heavy atom. The Morgan fingerprint density at radius 2 is 1.76 bits per heavy atom. The third-order valence-corrected chi connectivity index (χ3v) is 7.35. The number of halogens is 2. The molecule has 3 N–H and O–H groups in total. The van der Waals surface area contributed by atoms with Gasteiger partial charge in [0.05, 0.1) is 36.7 Å². The van der Waals surface area contributed by atoms with Crippen LogP contribution in [0.3, 0.4) is 0 Å². The molecule has 1 fully saturated rings. The van der Waals surface area contributed by atoms with Crippen molar-refractivity contribution in [3.05, 3.63) is 106 Å². The van der Waals surface area contributed by atoms with Gasteiger partial charge in [-0.1, -0.05) is 53.5 Å². The number of aliphatic hydroxyl groups excluding tert-OH is 1. The van der Waals surface area contributed by atoms with E-state index in [0.717, 1.165) is 47.8 Å². The van der Waals surface area contributed by atoms with E-state index < -0.39 is 0 Å². The number of aromatic nitrogens is 2. The molecule has 8 heteroatoms. The van der Waals surface area contributed by atoms with Crippen molar-refractivity contribution >= 4 is 40.3 Å². The summed E-state index contributed by atoms with van der Waals surface area (Å²) in [4.78, 5) is 12.2. The molecule has 2 heterocycles. The second-order valence-electron chi connectivity index (χ2n) is 9.11. The molecule has 1 aromatic heterocycles. The highest BCUT2D eigenvalue weighted by Gasteiger charge is 2.27. The summed E-state index contributed by atoms with van der Waals surface area (Å²) in [5, 5.41) is 11.2. The fraction of sp³-hybridized carbons (Fsp3) is 0.200. The van der Waals surface area contributed by atoms with E-state index in [9.17, 15) is 5.11 Å². The standard InChI is InChI=1S/C30H28Cl2N4O2/c1-38-23-14-10-19(11-15-23)26-17-27(36-16-4-5-22(36)18-37)35-30(34-26)28(20-8-12-21(31)13-9-20)29(33)24-6-2-3-7-25(24)32/h2-3,6-15,17,22,37H,4-5,16,18,33H2,1H3/b29-28-. The normalized spacial score (nSPS) is 15.9. The molecule has 4 aromatic rings. The third-order valence-electron chi connectivity index (χ3n) is 6.77. The van der Waals surface area contributed by atoms with E-state index in [1.54, 1.807) is 13.2 Å². The van der Waals surface area contributed by atoms with Gasteiger partial charge in [0, 0.05) is 33.8 Å². The molecule has 0 saturated carbocycles. The predicted molar refractivity (Wildman–Crippen MR) is 154 cm³/mol. The van der Waals surface area contributed by atoms with Gasteiger partial charge < -0.3 is 20.5 Å². The molecule has 0 radical (unpaired) electrons. The van der Waals surface area contributed by atoms with Crippen molar-refractivity contribution < 1.29 is 9.84 Å². The Hall–Kier alpha value is -3.58. The fourth-order valence-corrected chi connectivity index (χ4v) is 5.13. The maximum atomic E-state index is 10.0. The first kappa shape index (κ1) is 26.0. The molecule has 6 nitrogen and oxygen atoms in total. The largest absolute Gasteiger partial charge is 0.497 e. The van der Waals surface area contributed by atoms with Crippen LogP contribution in [0.25, 0.3) is 22.5 Å². The van der Waals surface area contributed by atoms with Crippen molar-refractivity contribution in [1.29, 1.82) is 0 Å². The SMILES string of the molecule is COc1ccc(-c2cc(N3CCCC3CO)nc(/C(=C(\N)c3ccccc3Cl)c3ccc(Cl)cc3)n2)cc1. The molecule has 5 rings (SSSR count). The topological polar surface area (TPSA) is 84.5 Å². The van der Waals surface area contributed by atoms with E-state index in [4.69, 9.17) is 43.6 Å². The van der Waals surface area contributed by atoms with E-state index in [2.05, 4.69) is 4.90 Å². The van der Waals surface area contributed by atoms with Gasteiger partial charge in [-0.2, -0.15) is 0 Å². The quantitative estimate of drug-likeness (QED) is 0.265. The molecule has 1 aliphatic heterocycles. The van der Waals surface area contributed by atoms with E-state index in [0.29, 0.717) is 32.7 Å². The number of ether oxygens (including phenoxy) is 1. The zero-order valence-corrected chi connectivity index (χ0v) is 22.5. The molecule has 1 saturated heterocycles. The maximum absolute atomic E-state index is 10.0. The summed E-state index contributed by atoms with van der Waals surface area (Å²) >= 11 is 12.8. The number of methoxy groups -OCH3 is 1. The van der Waals surface area contributed by atoms with Crippen LogP contribution in [-0.4, -0.2) is 41.4 Å². The molecular formula is C30H28Cl2N4O2. The molecule has 38 heavy (non-hydrogen) atoms. The molecule has 1 atom stereocenters. The second kappa shape index (κ2) is 11.4. The van der Waals surface area contributed by atoms with Crippen LogP contribution in [0.1, 0.15) is 29.8 Å². The van der Waals surface area contributed by atoms with Gasteiger partial charge in [0.25, 0.3) is 0 Å². The number of aliphatic hydroxyl groups is 1. The monoisotopic (exact) mass is 546 g/mol. The zero-order chi connectivity index (χ0) is 26.6. The van der Waals surface area contributed by atoms with Crippen molar-refractivity contribution in [1.82, 2.24) is 9.97 Å². The number of anilines is 1. The van der Waals surface area contributed by atoms with Crippen molar-refractivity contribution in [2.45, 2.75) is 18.9 Å². The lowest BCUT2D eigenvalue weighted by Crippen LogP contribution is -2.33. The van der Waals surface area contributed by atoms with Crippen molar-refractivity contribution in [3.63, 3.8) is 0 Å². The smallest absolute Gasteiger partial charge is 0.164 e. The molecule has 194 valence electrons. The highest BCUT2D eigenvalue weighted by molar-refractivity contribution is 6.32. The van der Waals surface area contributed by atoms with Crippen LogP contribution in [0.2, 0.25) is 10.0 Å². The van der Waals surface area contributed by atoms with Crippen molar-refractivity contribution in [3.8, 4) is 17.0 Å². The summed E-state index contributed by atoms with van der Waals surface area (Å²) in [6.07, 6.45) is 1.87. The zero-order valence-electron chi connectivity index (χ0n) is 20.9. The summed E-state index contributed by atoms with van der Waals surface area (Å²) in [7, 11) is 1.64. The molecule has 1 unspecified atom stereocenters. The molecule has 0 bridgehead atoms. The van der Waals surface area contributed by atoms with Gasteiger partial charge in [0.2, 0.25) is 0 Å². The number of nitrogens with two attached hydrogens (primary N) is 1. The van der Waals surface area contributed by atoms with Crippen molar-refractivity contribution in [2.24, 2.45) is 5.73 Å². The van der Waals surface area contributed by atoms with Gasteiger partial charge in [0.15, 0.2) is 5.82 Å². The first-order valence-corrected chi connectivity index (χ1v) is 13.2. The molecular weight excluding hydrogens is 519 g/mol. The first-order chi connectivity index (χ1) is 18.5. The van der Waals surface area contributed by atoms with Gasteiger partial charge in [-0.15, -0.1) is 0 Å². The van der Waals surface area contributed by atoms with Crippen LogP contribution in [0.5, 0.6) is 5.75 Å². The molecule has 0 spiro atoms. The van der Waals surface area contributed by atoms with Gasteiger partial charge >= 0.3 is 0 Å². The van der Waals surface area contributed by atoms with E-state index in [1.165, 1.54) is 0 Å². The first-order valence-electron chi connectivity index (χ1n) is 12.4.